The normalized spacial score (nSPS) is 15.8. The van der Waals surface area contributed by atoms with Crippen molar-refractivity contribution in [2.24, 2.45) is 5.41 Å². The van der Waals surface area contributed by atoms with Gasteiger partial charge in [0.25, 0.3) is 0 Å². The topological polar surface area (TPSA) is 73.7 Å². The van der Waals surface area contributed by atoms with Gasteiger partial charge in [0.1, 0.15) is 0 Å². The Balaban J connectivity index is 1.64. The van der Waals surface area contributed by atoms with Gasteiger partial charge in [-0.05, 0) is 30.0 Å². The number of amides is 1. The van der Waals surface area contributed by atoms with Crippen LogP contribution in [0.25, 0.3) is 10.2 Å². The number of anilines is 1. The van der Waals surface area contributed by atoms with Crippen LogP contribution in [0.4, 0.5) is 5.13 Å². The zero-order valence-electron chi connectivity index (χ0n) is 15.6. The van der Waals surface area contributed by atoms with E-state index in [2.05, 4.69) is 4.90 Å². The molecule has 1 fully saturated rings. The number of carboxylic acid groups (broad SMARTS) is 1. The molecule has 1 aromatic heterocycles. The minimum Gasteiger partial charge on any atom is -0.481 e. The van der Waals surface area contributed by atoms with E-state index >= 15 is 0 Å². The Hall–Kier alpha value is -1.86. The fourth-order valence-electron chi connectivity index (χ4n) is 3.37. The largest absolute Gasteiger partial charge is 0.481 e. The Labute approximate surface area is 167 Å². The summed E-state index contributed by atoms with van der Waals surface area (Å²) in [5.41, 5.74) is 0.397. The predicted molar refractivity (Wildman–Crippen MR) is 109 cm³/mol. The Kier molecular flexibility index (Phi) is 5.91. The average molecular weight is 410 g/mol. The van der Waals surface area contributed by atoms with Gasteiger partial charge in [-0.25, -0.2) is 4.98 Å². The molecule has 1 amide bonds. The van der Waals surface area contributed by atoms with E-state index < -0.39 is 11.4 Å². The standard InChI is InChI=1S/C19H24ClN3O3S/c1-19(2,12-17(25)26)11-16(24)22-6-3-7-23(9-8-22)18-21-14-5-4-13(20)10-15(14)27-18/h4-5,10H,3,6-9,11-12H2,1-2H3,(H,25,26). The Morgan fingerprint density at radius 3 is 2.74 bits per heavy atom. The second kappa shape index (κ2) is 8.02. The molecule has 0 atom stereocenters. The SMILES string of the molecule is CC(C)(CC(=O)O)CC(=O)N1CCCN(c2nc3ccc(Cl)cc3s2)CC1. The van der Waals surface area contributed by atoms with E-state index in [0.717, 1.165) is 34.9 Å². The highest BCUT2D eigenvalue weighted by Gasteiger charge is 2.29. The summed E-state index contributed by atoms with van der Waals surface area (Å²) in [6, 6.07) is 5.70. The highest BCUT2D eigenvalue weighted by Crippen LogP contribution is 2.31. The maximum Gasteiger partial charge on any atom is 0.303 e. The molecule has 2 aromatic rings. The van der Waals surface area contributed by atoms with Crippen LogP contribution in [-0.4, -0.2) is 53.0 Å². The summed E-state index contributed by atoms with van der Waals surface area (Å²) in [4.78, 5) is 32.4. The predicted octanol–water partition coefficient (Wildman–Crippen LogP) is 3.88. The monoisotopic (exact) mass is 409 g/mol. The number of carbonyl (C=O) groups is 2. The zero-order valence-corrected chi connectivity index (χ0v) is 17.1. The highest BCUT2D eigenvalue weighted by atomic mass is 35.5. The molecule has 0 saturated carbocycles. The third-order valence-electron chi connectivity index (χ3n) is 4.72. The fraction of sp³-hybridized carbons (Fsp3) is 0.526. The number of thiazole rings is 1. The van der Waals surface area contributed by atoms with Crippen LogP contribution in [0.5, 0.6) is 0 Å². The molecule has 1 aliphatic rings. The van der Waals surface area contributed by atoms with Crippen LogP contribution in [-0.2, 0) is 9.59 Å². The van der Waals surface area contributed by atoms with Gasteiger partial charge in [-0.2, -0.15) is 0 Å². The minimum atomic E-state index is -0.870. The first-order valence-corrected chi connectivity index (χ1v) is 10.2. The van der Waals surface area contributed by atoms with Crippen molar-refractivity contribution in [2.75, 3.05) is 31.1 Å². The summed E-state index contributed by atoms with van der Waals surface area (Å²) in [6.45, 7) is 6.53. The molecule has 1 aliphatic heterocycles. The molecular formula is C19H24ClN3O3S. The highest BCUT2D eigenvalue weighted by molar-refractivity contribution is 7.22. The van der Waals surface area contributed by atoms with Crippen molar-refractivity contribution < 1.29 is 14.7 Å². The Bertz CT molecular complexity index is 852. The van der Waals surface area contributed by atoms with Crippen molar-refractivity contribution >= 4 is 50.2 Å². The number of rotatable bonds is 5. The van der Waals surface area contributed by atoms with Crippen molar-refractivity contribution in [1.29, 1.82) is 0 Å². The van der Waals surface area contributed by atoms with Gasteiger partial charge in [0.2, 0.25) is 5.91 Å². The second-order valence-electron chi connectivity index (χ2n) is 7.74. The average Bonchev–Trinajstić information content (AvgIpc) is 2.81. The molecule has 0 aliphatic carbocycles. The molecule has 1 saturated heterocycles. The van der Waals surface area contributed by atoms with E-state index in [4.69, 9.17) is 21.7 Å². The number of hydrogen-bond acceptors (Lipinski definition) is 5. The minimum absolute atomic E-state index is 0.00698. The molecule has 27 heavy (non-hydrogen) atoms. The molecule has 1 N–H and O–H groups in total. The van der Waals surface area contributed by atoms with Crippen LogP contribution in [0.2, 0.25) is 5.02 Å². The molecule has 0 bridgehead atoms. The molecule has 8 heteroatoms. The van der Waals surface area contributed by atoms with E-state index in [1.165, 1.54) is 0 Å². The number of carboxylic acids is 1. The van der Waals surface area contributed by atoms with Crippen molar-refractivity contribution in [3.63, 3.8) is 0 Å². The van der Waals surface area contributed by atoms with Gasteiger partial charge in [0.05, 0.1) is 16.6 Å². The summed E-state index contributed by atoms with van der Waals surface area (Å²) < 4.78 is 1.06. The summed E-state index contributed by atoms with van der Waals surface area (Å²) in [6.07, 6.45) is 1.10. The van der Waals surface area contributed by atoms with Crippen LogP contribution in [0.3, 0.4) is 0 Å². The number of carbonyl (C=O) groups excluding carboxylic acids is 1. The van der Waals surface area contributed by atoms with Gasteiger partial charge in [-0.15, -0.1) is 0 Å². The summed E-state index contributed by atoms with van der Waals surface area (Å²) in [5, 5.41) is 10.7. The quantitative estimate of drug-likeness (QED) is 0.811. The fourth-order valence-corrected chi connectivity index (χ4v) is 4.67. The summed E-state index contributed by atoms with van der Waals surface area (Å²) in [7, 11) is 0. The van der Waals surface area contributed by atoms with Gasteiger partial charge in [-0.3, -0.25) is 9.59 Å². The van der Waals surface area contributed by atoms with Gasteiger partial charge in [0, 0.05) is 37.6 Å². The molecule has 2 heterocycles. The Morgan fingerprint density at radius 1 is 1.22 bits per heavy atom. The van der Waals surface area contributed by atoms with Crippen molar-refractivity contribution in [1.82, 2.24) is 9.88 Å². The number of hydrogen-bond donors (Lipinski definition) is 1. The number of aliphatic carboxylic acids is 1. The van der Waals surface area contributed by atoms with Crippen molar-refractivity contribution in [3.05, 3.63) is 23.2 Å². The molecule has 0 radical (unpaired) electrons. The smallest absolute Gasteiger partial charge is 0.303 e. The van der Waals surface area contributed by atoms with Crippen LogP contribution in [0, 0.1) is 5.41 Å². The number of halogens is 1. The number of fused-ring (bicyclic) bond motifs is 1. The van der Waals surface area contributed by atoms with Crippen LogP contribution in [0.1, 0.15) is 33.1 Å². The van der Waals surface area contributed by atoms with E-state index in [1.54, 1.807) is 11.3 Å². The van der Waals surface area contributed by atoms with E-state index in [9.17, 15) is 9.59 Å². The van der Waals surface area contributed by atoms with E-state index in [-0.39, 0.29) is 18.7 Å². The van der Waals surface area contributed by atoms with E-state index in [1.807, 2.05) is 36.9 Å². The third kappa shape index (κ3) is 5.11. The van der Waals surface area contributed by atoms with Gasteiger partial charge in [-0.1, -0.05) is 36.8 Å². The van der Waals surface area contributed by atoms with Gasteiger partial charge in [0.15, 0.2) is 5.13 Å². The lowest BCUT2D eigenvalue weighted by molar-refractivity contribution is -0.140. The van der Waals surface area contributed by atoms with Crippen LogP contribution >= 0.6 is 22.9 Å². The number of aromatic nitrogens is 1. The number of benzene rings is 1. The van der Waals surface area contributed by atoms with Gasteiger partial charge < -0.3 is 14.9 Å². The van der Waals surface area contributed by atoms with E-state index in [0.29, 0.717) is 18.1 Å². The lowest BCUT2D eigenvalue weighted by Crippen LogP contribution is -2.37. The lowest BCUT2D eigenvalue weighted by atomic mass is 9.85. The first kappa shape index (κ1) is 19.9. The third-order valence-corrected chi connectivity index (χ3v) is 6.03. The first-order valence-electron chi connectivity index (χ1n) is 9.04. The second-order valence-corrected chi connectivity index (χ2v) is 9.19. The summed E-state index contributed by atoms with van der Waals surface area (Å²) in [5.74, 6) is -0.843. The molecule has 0 spiro atoms. The van der Waals surface area contributed by atoms with Crippen molar-refractivity contribution in [2.45, 2.75) is 33.1 Å². The molecule has 3 rings (SSSR count). The van der Waals surface area contributed by atoms with Crippen molar-refractivity contribution in [3.8, 4) is 0 Å². The first-order chi connectivity index (χ1) is 12.7. The molecular weight excluding hydrogens is 386 g/mol. The molecule has 146 valence electrons. The Morgan fingerprint density at radius 2 is 2.00 bits per heavy atom. The van der Waals surface area contributed by atoms with Crippen LogP contribution < -0.4 is 4.90 Å². The maximum atomic E-state index is 12.7. The number of nitrogens with zero attached hydrogens (tertiary/aromatic N) is 3. The zero-order chi connectivity index (χ0) is 19.6. The molecule has 1 aromatic carbocycles. The van der Waals surface area contributed by atoms with Crippen LogP contribution in [0.15, 0.2) is 18.2 Å². The van der Waals surface area contributed by atoms with Gasteiger partial charge >= 0.3 is 5.97 Å². The maximum absolute atomic E-state index is 12.7. The summed E-state index contributed by atoms with van der Waals surface area (Å²) >= 11 is 7.68. The molecule has 6 nitrogen and oxygen atoms in total. The lowest BCUT2D eigenvalue weighted by Gasteiger charge is -2.27. The molecule has 0 unspecified atom stereocenters.